The summed E-state index contributed by atoms with van der Waals surface area (Å²) in [6.45, 7) is 4.44. The number of hydrogen-bond acceptors (Lipinski definition) is 4. The maximum absolute atomic E-state index is 10.9. The number of rotatable bonds is 11. The van der Waals surface area contributed by atoms with E-state index in [0.717, 1.165) is 50.4 Å². The van der Waals surface area contributed by atoms with E-state index in [1.54, 1.807) is 0 Å². The number of carbonyl (C=O) groups is 1. The number of nitrogens with two attached hydrogens (primary N) is 1. The van der Waals surface area contributed by atoms with Crippen LogP contribution >= 0.6 is 0 Å². The van der Waals surface area contributed by atoms with Gasteiger partial charge in [0.1, 0.15) is 5.75 Å². The van der Waals surface area contributed by atoms with E-state index < -0.39 is 0 Å². The molecule has 22 heavy (non-hydrogen) atoms. The van der Waals surface area contributed by atoms with E-state index in [2.05, 4.69) is 10.2 Å². The zero-order valence-electron chi connectivity index (χ0n) is 13.8. The Balaban J connectivity index is 2.33. The Hall–Kier alpha value is -1.75. The summed E-state index contributed by atoms with van der Waals surface area (Å²) >= 11 is 0. The Kier molecular flexibility index (Phi) is 9.07. The molecular weight excluding hydrogens is 278 g/mol. The highest BCUT2D eigenvalue weighted by Gasteiger charge is 2.03. The summed E-state index contributed by atoms with van der Waals surface area (Å²) in [5.74, 6) is 0.892. The summed E-state index contributed by atoms with van der Waals surface area (Å²) in [6.07, 6.45) is 4.48. The normalized spacial score (nSPS) is 10.3. The van der Waals surface area contributed by atoms with E-state index in [9.17, 15) is 4.79 Å². The first-order valence-corrected chi connectivity index (χ1v) is 8.02. The number of benzene rings is 1. The fourth-order valence-electron chi connectivity index (χ4n) is 2.13. The van der Waals surface area contributed by atoms with Gasteiger partial charge < -0.3 is 20.7 Å². The van der Waals surface area contributed by atoms with Crippen LogP contribution in [-0.2, 0) is 4.79 Å². The van der Waals surface area contributed by atoms with Crippen molar-refractivity contribution >= 4 is 11.6 Å². The van der Waals surface area contributed by atoms with Crippen LogP contribution in [0.3, 0.4) is 0 Å². The molecule has 0 saturated carbocycles. The van der Waals surface area contributed by atoms with Crippen LogP contribution in [-0.4, -0.2) is 39.2 Å². The number of likely N-dealkylation sites (N-methyl/N-ethyl adjacent to an activating group) is 1. The third-order valence-corrected chi connectivity index (χ3v) is 3.45. The average Bonchev–Trinajstić information content (AvgIpc) is 2.50. The molecule has 0 aliphatic carbocycles. The number of unbranched alkanes of at least 4 members (excludes halogenated alkanes) is 3. The second kappa shape index (κ2) is 10.9. The largest absolute Gasteiger partial charge is 0.494 e. The molecule has 0 bridgehead atoms. The van der Waals surface area contributed by atoms with Crippen LogP contribution in [0, 0.1) is 0 Å². The van der Waals surface area contributed by atoms with E-state index in [1.165, 1.54) is 13.3 Å². The van der Waals surface area contributed by atoms with Gasteiger partial charge in [-0.15, -0.1) is 0 Å². The van der Waals surface area contributed by atoms with E-state index >= 15 is 0 Å². The first-order valence-electron chi connectivity index (χ1n) is 8.02. The van der Waals surface area contributed by atoms with Gasteiger partial charge in [0.15, 0.2) is 0 Å². The molecule has 0 radical (unpaired) electrons. The SMILES string of the molecule is CC(=O)NCCN(C)c1cccc(OCCCCCCN)c1. The Bertz CT molecular complexity index is 438. The number of nitrogens with zero attached hydrogens (tertiary/aromatic N) is 1. The zero-order valence-corrected chi connectivity index (χ0v) is 13.8. The van der Waals surface area contributed by atoms with Crippen molar-refractivity contribution in [3.63, 3.8) is 0 Å². The topological polar surface area (TPSA) is 67.6 Å². The van der Waals surface area contributed by atoms with E-state index in [-0.39, 0.29) is 5.91 Å². The van der Waals surface area contributed by atoms with E-state index in [1.807, 2.05) is 31.3 Å². The molecule has 5 heteroatoms. The monoisotopic (exact) mass is 307 g/mol. The summed E-state index contributed by atoms with van der Waals surface area (Å²) in [7, 11) is 2.01. The first-order chi connectivity index (χ1) is 10.6. The minimum absolute atomic E-state index is 0.000111. The van der Waals surface area contributed by atoms with Crippen molar-refractivity contribution in [1.29, 1.82) is 0 Å². The Labute approximate surface area is 133 Å². The molecule has 0 aliphatic heterocycles. The van der Waals surface area contributed by atoms with Crippen molar-refractivity contribution in [3.05, 3.63) is 24.3 Å². The fraction of sp³-hybridized carbons (Fsp3) is 0.588. The number of nitrogens with one attached hydrogen (secondary N) is 1. The molecule has 0 spiro atoms. The minimum Gasteiger partial charge on any atom is -0.494 e. The van der Waals surface area contributed by atoms with Crippen molar-refractivity contribution in [2.75, 3.05) is 38.2 Å². The third kappa shape index (κ3) is 7.88. The smallest absolute Gasteiger partial charge is 0.216 e. The highest BCUT2D eigenvalue weighted by atomic mass is 16.5. The van der Waals surface area contributed by atoms with Crippen LogP contribution in [0.15, 0.2) is 24.3 Å². The van der Waals surface area contributed by atoms with Crippen molar-refractivity contribution in [2.24, 2.45) is 5.73 Å². The first kappa shape index (κ1) is 18.3. The summed E-state index contributed by atoms with van der Waals surface area (Å²) in [4.78, 5) is 13.0. The second-order valence-corrected chi connectivity index (χ2v) is 5.45. The van der Waals surface area contributed by atoms with Gasteiger partial charge in [0.25, 0.3) is 0 Å². The molecule has 5 nitrogen and oxygen atoms in total. The molecule has 3 N–H and O–H groups in total. The standard InChI is InChI=1S/C17H29N3O2/c1-15(21)19-11-12-20(2)16-8-7-9-17(14-16)22-13-6-4-3-5-10-18/h7-9,14H,3-6,10-13,18H2,1-2H3,(H,19,21). The molecule has 1 aromatic carbocycles. The number of hydrogen-bond donors (Lipinski definition) is 2. The van der Waals surface area contributed by atoms with Crippen LogP contribution in [0.2, 0.25) is 0 Å². The lowest BCUT2D eigenvalue weighted by Crippen LogP contribution is -2.31. The van der Waals surface area contributed by atoms with Gasteiger partial charge in [0.2, 0.25) is 5.91 Å². The lowest BCUT2D eigenvalue weighted by Gasteiger charge is -2.20. The Morgan fingerprint density at radius 3 is 2.77 bits per heavy atom. The van der Waals surface area contributed by atoms with Crippen LogP contribution in [0.5, 0.6) is 5.75 Å². The quantitative estimate of drug-likeness (QED) is 0.615. The number of ether oxygens (including phenoxy) is 1. The van der Waals surface area contributed by atoms with E-state index in [0.29, 0.717) is 6.54 Å². The van der Waals surface area contributed by atoms with Crippen molar-refractivity contribution in [3.8, 4) is 5.75 Å². The van der Waals surface area contributed by atoms with Crippen LogP contribution in [0.25, 0.3) is 0 Å². The predicted molar refractivity (Wildman–Crippen MR) is 91.4 cm³/mol. The number of anilines is 1. The average molecular weight is 307 g/mol. The molecule has 1 amide bonds. The van der Waals surface area contributed by atoms with Gasteiger partial charge in [-0.05, 0) is 31.5 Å². The van der Waals surface area contributed by atoms with Gasteiger partial charge in [-0.25, -0.2) is 0 Å². The van der Waals surface area contributed by atoms with Gasteiger partial charge in [-0.1, -0.05) is 18.9 Å². The summed E-state index contributed by atoms with van der Waals surface area (Å²) in [5, 5.41) is 2.80. The van der Waals surface area contributed by atoms with Crippen LogP contribution in [0.1, 0.15) is 32.6 Å². The molecule has 0 saturated heterocycles. The van der Waals surface area contributed by atoms with Crippen molar-refractivity contribution < 1.29 is 9.53 Å². The fourth-order valence-corrected chi connectivity index (χ4v) is 2.13. The summed E-state index contributed by atoms with van der Waals surface area (Å²) in [5.41, 5.74) is 6.56. The van der Waals surface area contributed by atoms with Gasteiger partial charge >= 0.3 is 0 Å². The maximum atomic E-state index is 10.9. The van der Waals surface area contributed by atoms with Crippen molar-refractivity contribution in [1.82, 2.24) is 5.32 Å². The van der Waals surface area contributed by atoms with Crippen LogP contribution in [0.4, 0.5) is 5.69 Å². The third-order valence-electron chi connectivity index (χ3n) is 3.45. The van der Waals surface area contributed by atoms with Gasteiger partial charge in [-0.3, -0.25) is 4.79 Å². The Morgan fingerprint density at radius 2 is 2.05 bits per heavy atom. The molecule has 0 atom stereocenters. The summed E-state index contributed by atoms with van der Waals surface area (Å²) in [6, 6.07) is 8.05. The molecule has 0 heterocycles. The highest BCUT2D eigenvalue weighted by molar-refractivity contribution is 5.72. The highest BCUT2D eigenvalue weighted by Crippen LogP contribution is 2.20. The molecule has 1 aromatic rings. The maximum Gasteiger partial charge on any atom is 0.216 e. The predicted octanol–water partition coefficient (Wildman–Crippen LogP) is 2.16. The molecule has 124 valence electrons. The van der Waals surface area contributed by atoms with Crippen LogP contribution < -0.4 is 20.7 Å². The molecule has 1 rings (SSSR count). The molecule has 0 aromatic heterocycles. The molecular formula is C17H29N3O2. The lowest BCUT2D eigenvalue weighted by molar-refractivity contribution is -0.118. The number of carbonyl (C=O) groups excluding carboxylic acids is 1. The number of amides is 1. The second-order valence-electron chi connectivity index (χ2n) is 5.45. The molecule has 0 fully saturated rings. The van der Waals surface area contributed by atoms with Gasteiger partial charge in [-0.2, -0.15) is 0 Å². The van der Waals surface area contributed by atoms with E-state index in [4.69, 9.17) is 10.5 Å². The molecule has 0 aliphatic rings. The summed E-state index contributed by atoms with van der Waals surface area (Å²) < 4.78 is 5.79. The zero-order chi connectivity index (χ0) is 16.2. The lowest BCUT2D eigenvalue weighted by atomic mass is 10.2. The minimum atomic E-state index is 0.000111. The van der Waals surface area contributed by atoms with Gasteiger partial charge in [0.05, 0.1) is 6.61 Å². The Morgan fingerprint density at radius 1 is 1.27 bits per heavy atom. The molecule has 0 unspecified atom stereocenters. The van der Waals surface area contributed by atoms with Gasteiger partial charge in [0, 0.05) is 38.8 Å². The van der Waals surface area contributed by atoms with Crippen molar-refractivity contribution in [2.45, 2.75) is 32.6 Å².